The summed E-state index contributed by atoms with van der Waals surface area (Å²) in [4.78, 5) is 23.8. The highest BCUT2D eigenvalue weighted by Gasteiger charge is 2.12. The SMILES string of the molecule is COC(=O)c1ccccc1NC=C(C#N)C(=O)NCc1ccccc1. The highest BCUT2D eigenvalue weighted by molar-refractivity contribution is 5.98. The molecule has 6 nitrogen and oxygen atoms in total. The van der Waals surface area contributed by atoms with Gasteiger partial charge in [-0.2, -0.15) is 5.26 Å². The number of para-hydroxylation sites is 1. The fraction of sp³-hybridized carbons (Fsp3) is 0.105. The zero-order chi connectivity index (χ0) is 18.1. The van der Waals surface area contributed by atoms with Gasteiger partial charge in [-0.15, -0.1) is 0 Å². The van der Waals surface area contributed by atoms with Crippen molar-refractivity contribution in [3.8, 4) is 6.07 Å². The van der Waals surface area contributed by atoms with Crippen LogP contribution in [0.4, 0.5) is 5.69 Å². The molecule has 0 unspecified atom stereocenters. The number of nitrogens with zero attached hydrogens (tertiary/aromatic N) is 1. The van der Waals surface area contributed by atoms with E-state index in [9.17, 15) is 14.9 Å². The number of amides is 1. The number of carbonyl (C=O) groups is 2. The number of carbonyl (C=O) groups excluding carboxylic acids is 2. The van der Waals surface area contributed by atoms with Crippen LogP contribution in [0.15, 0.2) is 66.4 Å². The van der Waals surface area contributed by atoms with Crippen molar-refractivity contribution in [2.75, 3.05) is 12.4 Å². The molecule has 0 fully saturated rings. The van der Waals surface area contributed by atoms with Crippen LogP contribution >= 0.6 is 0 Å². The highest BCUT2D eigenvalue weighted by atomic mass is 16.5. The molecule has 2 aromatic carbocycles. The lowest BCUT2D eigenvalue weighted by atomic mass is 10.1. The Labute approximate surface area is 145 Å². The maximum atomic E-state index is 12.1. The third-order valence-electron chi connectivity index (χ3n) is 3.37. The summed E-state index contributed by atoms with van der Waals surface area (Å²) >= 11 is 0. The lowest BCUT2D eigenvalue weighted by Crippen LogP contribution is -2.24. The summed E-state index contributed by atoms with van der Waals surface area (Å²) in [7, 11) is 1.28. The Balaban J connectivity index is 2.07. The van der Waals surface area contributed by atoms with E-state index in [1.165, 1.54) is 13.3 Å². The molecule has 0 saturated heterocycles. The minimum Gasteiger partial charge on any atom is -0.465 e. The quantitative estimate of drug-likeness (QED) is 0.481. The Morgan fingerprint density at radius 2 is 1.80 bits per heavy atom. The second-order valence-electron chi connectivity index (χ2n) is 5.02. The van der Waals surface area contributed by atoms with Crippen molar-refractivity contribution in [3.05, 3.63) is 77.5 Å². The van der Waals surface area contributed by atoms with Crippen LogP contribution in [0, 0.1) is 11.3 Å². The summed E-state index contributed by atoms with van der Waals surface area (Å²) in [5.74, 6) is -1.02. The molecule has 1 amide bonds. The topological polar surface area (TPSA) is 91.2 Å². The van der Waals surface area contributed by atoms with Gasteiger partial charge in [0.25, 0.3) is 5.91 Å². The number of ether oxygens (including phenoxy) is 1. The first kappa shape index (κ1) is 17.8. The van der Waals surface area contributed by atoms with E-state index in [-0.39, 0.29) is 5.57 Å². The molecule has 2 N–H and O–H groups in total. The largest absolute Gasteiger partial charge is 0.465 e. The van der Waals surface area contributed by atoms with Crippen molar-refractivity contribution in [1.29, 1.82) is 5.26 Å². The molecule has 0 bridgehead atoms. The van der Waals surface area contributed by atoms with E-state index in [1.54, 1.807) is 24.3 Å². The Bertz CT molecular complexity index is 823. The molecule has 0 aliphatic rings. The molecule has 0 atom stereocenters. The predicted molar refractivity (Wildman–Crippen MR) is 93.4 cm³/mol. The first-order valence-electron chi connectivity index (χ1n) is 7.52. The fourth-order valence-corrected chi connectivity index (χ4v) is 2.07. The van der Waals surface area contributed by atoms with Gasteiger partial charge in [0.1, 0.15) is 11.6 Å². The standard InChI is InChI=1S/C19H17N3O3/c1-25-19(24)16-9-5-6-10-17(16)21-13-15(11-20)18(23)22-12-14-7-3-2-4-8-14/h2-10,13,21H,12H2,1H3,(H,22,23). The summed E-state index contributed by atoms with van der Waals surface area (Å²) < 4.78 is 4.70. The van der Waals surface area contributed by atoms with Gasteiger partial charge in [-0.05, 0) is 17.7 Å². The first-order valence-corrected chi connectivity index (χ1v) is 7.52. The summed E-state index contributed by atoms with van der Waals surface area (Å²) in [5.41, 5.74) is 1.58. The van der Waals surface area contributed by atoms with Crippen LogP contribution in [0.5, 0.6) is 0 Å². The van der Waals surface area contributed by atoms with E-state index in [1.807, 2.05) is 36.4 Å². The number of nitriles is 1. The number of benzene rings is 2. The van der Waals surface area contributed by atoms with E-state index >= 15 is 0 Å². The van der Waals surface area contributed by atoms with Gasteiger partial charge in [-0.1, -0.05) is 42.5 Å². The number of hydrogen-bond acceptors (Lipinski definition) is 5. The van der Waals surface area contributed by atoms with Gasteiger partial charge < -0.3 is 15.4 Å². The molecule has 0 aromatic heterocycles. The second-order valence-corrected chi connectivity index (χ2v) is 5.02. The molecule has 0 saturated carbocycles. The van der Waals surface area contributed by atoms with Gasteiger partial charge in [0.05, 0.1) is 18.4 Å². The van der Waals surface area contributed by atoms with Gasteiger partial charge in [0.15, 0.2) is 0 Å². The minimum atomic E-state index is -0.511. The maximum Gasteiger partial charge on any atom is 0.339 e. The third-order valence-corrected chi connectivity index (χ3v) is 3.37. The van der Waals surface area contributed by atoms with Gasteiger partial charge in [0.2, 0.25) is 0 Å². The Kier molecular flexibility index (Phi) is 6.32. The molecule has 0 aliphatic carbocycles. The van der Waals surface area contributed by atoms with Crippen molar-refractivity contribution in [2.45, 2.75) is 6.54 Å². The summed E-state index contributed by atoms with van der Waals surface area (Å²) in [6.45, 7) is 0.317. The molecule has 25 heavy (non-hydrogen) atoms. The highest BCUT2D eigenvalue weighted by Crippen LogP contribution is 2.16. The van der Waals surface area contributed by atoms with E-state index in [2.05, 4.69) is 10.6 Å². The van der Waals surface area contributed by atoms with Crippen molar-refractivity contribution in [2.24, 2.45) is 0 Å². The number of anilines is 1. The van der Waals surface area contributed by atoms with E-state index in [0.29, 0.717) is 17.8 Å². The lowest BCUT2D eigenvalue weighted by Gasteiger charge is -2.08. The first-order chi connectivity index (χ1) is 12.2. The monoisotopic (exact) mass is 335 g/mol. The lowest BCUT2D eigenvalue weighted by molar-refractivity contribution is -0.117. The van der Waals surface area contributed by atoms with Crippen molar-refractivity contribution in [3.63, 3.8) is 0 Å². The van der Waals surface area contributed by atoms with Crippen LogP contribution in [0.3, 0.4) is 0 Å². The smallest absolute Gasteiger partial charge is 0.339 e. The van der Waals surface area contributed by atoms with Crippen molar-refractivity contribution >= 4 is 17.6 Å². The minimum absolute atomic E-state index is 0.101. The molecule has 126 valence electrons. The number of nitrogens with one attached hydrogen (secondary N) is 2. The number of esters is 1. The van der Waals surface area contributed by atoms with Crippen LogP contribution in [0.25, 0.3) is 0 Å². The molecule has 0 heterocycles. The molecule has 0 spiro atoms. The molecule has 2 rings (SSSR count). The van der Waals surface area contributed by atoms with Crippen LogP contribution in [0.1, 0.15) is 15.9 Å². The summed E-state index contributed by atoms with van der Waals surface area (Å²) in [6, 6.07) is 17.9. The van der Waals surface area contributed by atoms with Crippen molar-refractivity contribution < 1.29 is 14.3 Å². The predicted octanol–water partition coefficient (Wildman–Crippen LogP) is 2.61. The van der Waals surface area contributed by atoms with E-state index in [0.717, 1.165) is 5.56 Å². The molecule has 0 radical (unpaired) electrons. The molecular weight excluding hydrogens is 318 g/mol. The Hall–Kier alpha value is -3.59. The average molecular weight is 335 g/mol. The molecule has 2 aromatic rings. The number of hydrogen-bond donors (Lipinski definition) is 2. The van der Waals surface area contributed by atoms with Gasteiger partial charge in [-0.3, -0.25) is 4.79 Å². The van der Waals surface area contributed by atoms with Gasteiger partial charge >= 0.3 is 5.97 Å². The fourth-order valence-electron chi connectivity index (χ4n) is 2.07. The van der Waals surface area contributed by atoms with Crippen LogP contribution in [-0.2, 0) is 16.1 Å². The molecular formula is C19H17N3O3. The van der Waals surface area contributed by atoms with Crippen molar-refractivity contribution in [1.82, 2.24) is 5.32 Å². The van der Waals surface area contributed by atoms with Crippen LogP contribution in [0.2, 0.25) is 0 Å². The molecule has 0 aliphatic heterocycles. The van der Waals surface area contributed by atoms with Gasteiger partial charge in [0, 0.05) is 12.7 Å². The third kappa shape index (κ3) is 4.94. The summed E-state index contributed by atoms with van der Waals surface area (Å²) in [6.07, 6.45) is 1.27. The van der Waals surface area contributed by atoms with Crippen LogP contribution < -0.4 is 10.6 Å². The summed E-state index contributed by atoms with van der Waals surface area (Å²) in [5, 5.41) is 14.7. The van der Waals surface area contributed by atoms with Gasteiger partial charge in [-0.25, -0.2) is 4.79 Å². The Morgan fingerprint density at radius 1 is 1.12 bits per heavy atom. The number of rotatable bonds is 6. The zero-order valence-corrected chi connectivity index (χ0v) is 13.7. The van der Waals surface area contributed by atoms with E-state index in [4.69, 9.17) is 4.74 Å². The molecule has 6 heteroatoms. The Morgan fingerprint density at radius 3 is 2.48 bits per heavy atom. The average Bonchev–Trinajstić information content (AvgIpc) is 2.67. The zero-order valence-electron chi connectivity index (χ0n) is 13.7. The van der Waals surface area contributed by atoms with E-state index < -0.39 is 11.9 Å². The maximum absolute atomic E-state index is 12.1. The number of methoxy groups -OCH3 is 1. The van der Waals surface area contributed by atoms with Crippen LogP contribution in [-0.4, -0.2) is 19.0 Å². The normalized spacial score (nSPS) is 10.5. The second kappa shape index (κ2) is 8.89.